The maximum absolute atomic E-state index is 10.7. The molecule has 0 unspecified atom stereocenters. The standard InChI is InChI=1S/C31H31N2O2.F6P/c1-4-5-22-32-23-20-26(21-24-32)7-6-25-8-10-27(11-9-25)33(28-12-16-30(34-2)17-13-28)29-14-18-31(35-3)19-15-29;1-7(2,3,4,5)6/h8-21,23-24H,4-5,22H2,1-3H3;/q+1;-1. The molecule has 0 atom stereocenters. The zero-order chi connectivity index (χ0) is 30.9. The molecule has 0 spiro atoms. The molecule has 0 amide bonds. The van der Waals surface area contributed by atoms with Gasteiger partial charge < -0.3 is 14.4 Å². The van der Waals surface area contributed by atoms with Crippen LogP contribution in [0.3, 0.4) is 0 Å². The summed E-state index contributed by atoms with van der Waals surface area (Å²) in [5, 5.41) is 0. The molecule has 11 heteroatoms. The number of methoxy groups -OCH3 is 2. The van der Waals surface area contributed by atoms with E-state index in [1.165, 1.54) is 12.8 Å². The van der Waals surface area contributed by atoms with Gasteiger partial charge in [0.15, 0.2) is 12.4 Å². The Kier molecular flexibility index (Phi) is 9.80. The molecule has 0 aliphatic heterocycles. The molecule has 0 aliphatic carbocycles. The van der Waals surface area contributed by atoms with Crippen LogP contribution >= 0.6 is 7.81 Å². The Balaban J connectivity index is 0.000000616. The summed E-state index contributed by atoms with van der Waals surface area (Å²) in [5.41, 5.74) is 5.11. The van der Waals surface area contributed by atoms with Crippen LogP contribution in [0, 0.1) is 11.8 Å². The van der Waals surface area contributed by atoms with Gasteiger partial charge >= 0.3 is 33.0 Å². The number of aryl methyl sites for hydroxylation is 1. The summed E-state index contributed by atoms with van der Waals surface area (Å²) in [5.74, 6) is 8.22. The molecule has 1 aromatic heterocycles. The van der Waals surface area contributed by atoms with Crippen LogP contribution in [0.25, 0.3) is 0 Å². The number of hydrogen-bond acceptors (Lipinski definition) is 3. The number of nitrogens with zero attached hydrogens (tertiary/aromatic N) is 2. The van der Waals surface area contributed by atoms with Gasteiger partial charge in [0, 0.05) is 46.7 Å². The van der Waals surface area contributed by atoms with E-state index in [1.807, 2.05) is 24.3 Å². The van der Waals surface area contributed by atoms with Crippen LogP contribution < -0.4 is 18.9 Å². The van der Waals surface area contributed by atoms with Crippen LogP contribution in [0.2, 0.25) is 0 Å². The van der Waals surface area contributed by atoms with E-state index in [-0.39, 0.29) is 0 Å². The van der Waals surface area contributed by atoms with Gasteiger partial charge in [0.1, 0.15) is 18.0 Å². The third-order valence-corrected chi connectivity index (χ3v) is 5.80. The molecule has 0 saturated carbocycles. The monoisotopic (exact) mass is 608 g/mol. The Hall–Kier alpha value is -4.22. The molecule has 4 nitrogen and oxygen atoms in total. The van der Waals surface area contributed by atoms with E-state index in [9.17, 15) is 25.2 Å². The van der Waals surface area contributed by atoms with Crippen LogP contribution in [-0.2, 0) is 6.54 Å². The predicted octanol–water partition coefficient (Wildman–Crippen LogP) is 10.0. The van der Waals surface area contributed by atoms with Crippen molar-refractivity contribution < 1.29 is 39.2 Å². The summed E-state index contributed by atoms with van der Waals surface area (Å²) >= 11 is 0. The van der Waals surface area contributed by atoms with Crippen LogP contribution in [0.15, 0.2) is 97.3 Å². The summed E-state index contributed by atoms with van der Waals surface area (Å²) in [7, 11) is -7.30. The Labute approximate surface area is 241 Å². The van der Waals surface area contributed by atoms with E-state index < -0.39 is 7.81 Å². The number of unbranched alkanes of at least 4 members (excludes halogenated alkanes) is 1. The number of hydrogen-bond donors (Lipinski definition) is 0. The number of rotatable bonds is 8. The molecule has 0 N–H and O–H groups in total. The zero-order valence-corrected chi connectivity index (χ0v) is 24.2. The fourth-order valence-electron chi connectivity index (χ4n) is 3.78. The maximum atomic E-state index is 9.87. The number of anilines is 3. The van der Waals surface area contributed by atoms with Crippen molar-refractivity contribution in [1.82, 2.24) is 0 Å². The molecule has 42 heavy (non-hydrogen) atoms. The first-order chi connectivity index (χ1) is 19.6. The fourth-order valence-corrected chi connectivity index (χ4v) is 3.78. The number of aromatic nitrogens is 1. The second-order valence-electron chi connectivity index (χ2n) is 9.16. The Morgan fingerprint density at radius 3 is 1.33 bits per heavy atom. The Morgan fingerprint density at radius 1 is 0.619 bits per heavy atom. The summed E-state index contributed by atoms with van der Waals surface area (Å²) < 4.78 is 72.1. The molecular weight excluding hydrogens is 577 g/mol. The van der Waals surface area contributed by atoms with Crippen molar-refractivity contribution in [2.45, 2.75) is 26.3 Å². The van der Waals surface area contributed by atoms with Gasteiger partial charge in [-0.2, -0.15) is 0 Å². The second kappa shape index (κ2) is 12.7. The average Bonchev–Trinajstić information content (AvgIpc) is 2.95. The van der Waals surface area contributed by atoms with Gasteiger partial charge in [0.05, 0.1) is 14.2 Å². The van der Waals surface area contributed by atoms with Gasteiger partial charge in [-0.3, -0.25) is 0 Å². The number of benzene rings is 3. The molecule has 0 fully saturated rings. The van der Waals surface area contributed by atoms with Crippen molar-refractivity contribution >= 4 is 24.9 Å². The van der Waals surface area contributed by atoms with Gasteiger partial charge in [0.2, 0.25) is 0 Å². The van der Waals surface area contributed by atoms with Crippen molar-refractivity contribution in [2.75, 3.05) is 19.1 Å². The van der Waals surface area contributed by atoms with Gasteiger partial charge in [-0.1, -0.05) is 25.2 Å². The first-order valence-electron chi connectivity index (χ1n) is 12.9. The molecule has 1 heterocycles. The normalized spacial score (nSPS) is 12.4. The van der Waals surface area contributed by atoms with E-state index >= 15 is 0 Å². The zero-order valence-electron chi connectivity index (χ0n) is 23.3. The van der Waals surface area contributed by atoms with Crippen molar-refractivity contribution in [3.63, 3.8) is 0 Å². The molecule has 0 aliphatic rings. The number of halogens is 6. The van der Waals surface area contributed by atoms with Crippen LogP contribution in [-0.4, -0.2) is 14.2 Å². The van der Waals surface area contributed by atoms with Crippen molar-refractivity contribution in [3.05, 3.63) is 108 Å². The molecule has 0 saturated heterocycles. The van der Waals surface area contributed by atoms with Crippen molar-refractivity contribution in [3.8, 4) is 23.3 Å². The molecule has 0 bridgehead atoms. The van der Waals surface area contributed by atoms with E-state index in [1.54, 1.807) is 14.2 Å². The minimum atomic E-state index is -10.7. The predicted molar refractivity (Wildman–Crippen MR) is 155 cm³/mol. The van der Waals surface area contributed by atoms with Crippen LogP contribution in [0.4, 0.5) is 42.2 Å². The third kappa shape index (κ3) is 11.7. The Morgan fingerprint density at radius 2 is 0.976 bits per heavy atom. The molecule has 3 aromatic carbocycles. The summed E-state index contributed by atoms with van der Waals surface area (Å²) in [6.45, 7) is 3.25. The van der Waals surface area contributed by atoms with Crippen molar-refractivity contribution in [1.29, 1.82) is 0 Å². The molecule has 0 radical (unpaired) electrons. The van der Waals surface area contributed by atoms with E-state index in [0.29, 0.717) is 0 Å². The van der Waals surface area contributed by atoms with Gasteiger partial charge in [-0.05, 0) is 72.8 Å². The van der Waals surface area contributed by atoms with Gasteiger partial charge in [-0.25, -0.2) is 4.57 Å². The van der Waals surface area contributed by atoms with E-state index in [2.05, 4.69) is 101 Å². The number of ether oxygens (including phenoxy) is 2. The topological polar surface area (TPSA) is 25.6 Å². The summed E-state index contributed by atoms with van der Waals surface area (Å²) in [4.78, 5) is 2.20. The van der Waals surface area contributed by atoms with Crippen LogP contribution in [0.1, 0.15) is 30.9 Å². The van der Waals surface area contributed by atoms with E-state index in [4.69, 9.17) is 9.47 Å². The average molecular weight is 609 g/mol. The van der Waals surface area contributed by atoms with E-state index in [0.717, 1.165) is 46.2 Å². The van der Waals surface area contributed by atoms with Gasteiger partial charge in [-0.15, -0.1) is 0 Å². The first-order valence-corrected chi connectivity index (χ1v) is 14.9. The van der Waals surface area contributed by atoms with Crippen molar-refractivity contribution in [2.24, 2.45) is 0 Å². The second-order valence-corrected chi connectivity index (χ2v) is 11.1. The summed E-state index contributed by atoms with van der Waals surface area (Å²) in [6, 6.07) is 28.6. The molecule has 224 valence electrons. The Bertz CT molecular complexity index is 1440. The quantitative estimate of drug-likeness (QED) is 0.0862. The number of pyridine rings is 1. The SMILES string of the molecule is CCCC[n+]1ccc(C#Cc2ccc(N(c3ccc(OC)cc3)c3ccc(OC)cc3)cc2)cc1.F[P-](F)(F)(F)(F)F. The minimum absolute atomic E-state index is 0.825. The third-order valence-electron chi connectivity index (χ3n) is 5.80. The molecule has 4 aromatic rings. The molecular formula is C31H31F6N2O2P. The summed E-state index contributed by atoms with van der Waals surface area (Å²) in [6.07, 6.45) is 6.58. The first kappa shape index (κ1) is 32.3. The fraction of sp³-hybridized carbons (Fsp3) is 0.194. The van der Waals surface area contributed by atoms with Crippen LogP contribution in [0.5, 0.6) is 11.5 Å². The molecule has 4 rings (SSSR count). The van der Waals surface area contributed by atoms with Gasteiger partial charge in [0.25, 0.3) is 0 Å².